The lowest BCUT2D eigenvalue weighted by atomic mass is 9.49. The van der Waals surface area contributed by atoms with Gasteiger partial charge in [0, 0.05) is 53.9 Å². The number of rotatable bonds is 7. The van der Waals surface area contributed by atoms with Crippen molar-refractivity contribution < 1.29 is 0 Å². The van der Waals surface area contributed by atoms with Crippen LogP contribution in [0.4, 0.5) is 0 Å². The van der Waals surface area contributed by atoms with Gasteiger partial charge in [0.25, 0.3) is 0 Å². The maximum absolute atomic E-state index is 6.55. The van der Waals surface area contributed by atoms with E-state index in [4.69, 9.17) is 19.9 Å². The lowest BCUT2D eigenvalue weighted by Crippen LogP contribution is -2.51. The molecule has 406 valence electrons. The molecular weight excluding hydrogens is 1020 g/mol. The number of hydrogen-bond acceptors (Lipinski definition) is 4. The summed E-state index contributed by atoms with van der Waals surface area (Å²) in [5.41, 5.74) is 11.5. The summed E-state index contributed by atoms with van der Waals surface area (Å²) in [6.07, 6.45) is 15.1. The minimum Gasteiger partial charge on any atom is -0.305 e. The van der Waals surface area contributed by atoms with Gasteiger partial charge in [0.05, 0.1) is 49.7 Å². The van der Waals surface area contributed by atoms with E-state index in [0.717, 1.165) is 90.2 Å². The van der Waals surface area contributed by atoms with Crippen molar-refractivity contribution in [3.05, 3.63) is 206 Å². The van der Waals surface area contributed by atoms with Crippen molar-refractivity contribution in [3.8, 4) is 34.4 Å². The third-order valence-corrected chi connectivity index (χ3v) is 22.2. The zero-order valence-corrected chi connectivity index (χ0v) is 47.0. The van der Waals surface area contributed by atoms with Gasteiger partial charge in [-0.3, -0.25) is 9.13 Å². The first-order valence-electron chi connectivity index (χ1n) is 31.3. The molecule has 0 saturated heterocycles. The molecule has 0 amide bonds. The van der Waals surface area contributed by atoms with E-state index in [2.05, 4.69) is 212 Å². The monoisotopic (exact) mass is 1090 g/mol. The first-order chi connectivity index (χ1) is 41.5. The summed E-state index contributed by atoms with van der Waals surface area (Å²) in [7, 11) is 0. The van der Waals surface area contributed by atoms with Crippen molar-refractivity contribution in [1.29, 1.82) is 0 Å². The molecule has 0 N–H and O–H groups in total. The second-order valence-corrected chi connectivity index (χ2v) is 27.0. The van der Waals surface area contributed by atoms with Crippen molar-refractivity contribution in [3.63, 3.8) is 0 Å². The Balaban J connectivity index is 1.06. The maximum atomic E-state index is 6.55. The van der Waals surface area contributed by atoms with Crippen LogP contribution in [0.3, 0.4) is 0 Å². The number of fused-ring (bicyclic) bond motifs is 12. The molecule has 8 fully saturated rings. The van der Waals surface area contributed by atoms with Gasteiger partial charge in [-0.2, -0.15) is 0 Å². The van der Waals surface area contributed by atoms with E-state index in [0.29, 0.717) is 35.5 Å². The fourth-order valence-electron chi connectivity index (χ4n) is 19.8. The first kappa shape index (κ1) is 46.6. The SMILES string of the molecule is c1ccc2c(c1)c1ccccc1n2-c1nc(-n2c3ccccc3c3ccccc32)c(-n2c3ccccc3c3ccccc32)c(-c2nc(C34CC5CC(CC(C5)C3)C4)nc(C34CC5CC(CC(C5)C3)C4)n2)c1-n1c2ccccc2c2ccccc21. The van der Waals surface area contributed by atoms with Crippen LogP contribution in [0.2, 0.25) is 0 Å². The standard InChI is InChI=1S/C76H62N8/c1-9-25-59-51(17-1)52-18-2-10-26-60(52)81(59)68-67(70-77-73(75-39-45-33-46(40-75)35-47(34-45)41-75)80-74(78-70)76-42-48-36-49(43-76)38-50(37-48)44-76)69(82-61-27-11-3-19-53(61)54-20-4-12-28-62(54)82)72(84-65-31-15-7-23-57(65)58-24-8-16-32-66(58)84)79-71(68)83-63-29-13-5-21-55(63)56-22-6-14-30-64(56)83/h1-32,45-50H,33-44H2. The molecule has 8 aliphatic carbocycles. The summed E-state index contributed by atoms with van der Waals surface area (Å²) >= 11 is 0. The van der Waals surface area contributed by atoms with Gasteiger partial charge in [-0.05, 0) is 161 Å². The van der Waals surface area contributed by atoms with Gasteiger partial charge < -0.3 is 9.13 Å². The molecule has 8 heteroatoms. The number of aromatic nitrogens is 8. The molecule has 0 aliphatic heterocycles. The fourth-order valence-corrected chi connectivity index (χ4v) is 19.8. The zero-order valence-electron chi connectivity index (χ0n) is 47.0. The van der Waals surface area contributed by atoms with Crippen molar-refractivity contribution in [2.45, 2.75) is 87.9 Å². The van der Waals surface area contributed by atoms with Crippen molar-refractivity contribution in [2.75, 3.05) is 0 Å². The third kappa shape index (κ3) is 6.33. The Morgan fingerprint density at radius 3 is 0.738 bits per heavy atom. The minimum atomic E-state index is -0.109. The molecule has 14 aromatic rings. The van der Waals surface area contributed by atoms with Crippen LogP contribution >= 0.6 is 0 Å². The molecule has 8 bridgehead atoms. The highest BCUT2D eigenvalue weighted by molar-refractivity contribution is 6.15. The van der Waals surface area contributed by atoms with Crippen LogP contribution in [0, 0.1) is 35.5 Å². The van der Waals surface area contributed by atoms with E-state index >= 15 is 0 Å². The first-order valence-corrected chi connectivity index (χ1v) is 31.3. The van der Waals surface area contributed by atoms with E-state index in [1.54, 1.807) is 0 Å². The van der Waals surface area contributed by atoms with Crippen LogP contribution in [0.25, 0.3) is 122 Å². The van der Waals surface area contributed by atoms with Gasteiger partial charge in [-0.15, -0.1) is 0 Å². The van der Waals surface area contributed by atoms with Crippen molar-refractivity contribution >= 4 is 87.2 Å². The molecule has 0 spiro atoms. The molecule has 0 atom stereocenters. The summed E-state index contributed by atoms with van der Waals surface area (Å²) in [6.45, 7) is 0. The molecule has 0 radical (unpaired) electrons. The highest BCUT2D eigenvalue weighted by Crippen LogP contribution is 2.63. The topological polar surface area (TPSA) is 71.3 Å². The van der Waals surface area contributed by atoms with E-state index in [1.165, 1.54) is 120 Å². The molecule has 84 heavy (non-hydrogen) atoms. The molecule has 22 rings (SSSR count). The van der Waals surface area contributed by atoms with Gasteiger partial charge in [0.2, 0.25) is 0 Å². The van der Waals surface area contributed by atoms with Gasteiger partial charge in [0.1, 0.15) is 23.0 Å². The number of para-hydroxylation sites is 8. The second-order valence-electron chi connectivity index (χ2n) is 27.0. The molecule has 8 aromatic carbocycles. The average molecular weight is 1090 g/mol. The maximum Gasteiger partial charge on any atom is 0.167 e. The molecule has 0 unspecified atom stereocenters. The number of hydrogen-bond donors (Lipinski definition) is 0. The molecule has 8 nitrogen and oxygen atoms in total. The van der Waals surface area contributed by atoms with E-state index in [9.17, 15) is 0 Å². The van der Waals surface area contributed by atoms with Crippen LogP contribution < -0.4 is 0 Å². The van der Waals surface area contributed by atoms with Crippen LogP contribution in [-0.2, 0) is 10.8 Å². The zero-order chi connectivity index (χ0) is 54.6. The minimum absolute atomic E-state index is 0.109. The summed E-state index contributed by atoms with van der Waals surface area (Å²) in [5.74, 6) is 8.82. The Kier molecular flexibility index (Phi) is 9.37. The largest absolute Gasteiger partial charge is 0.305 e. The Bertz CT molecular complexity index is 4540. The summed E-state index contributed by atoms with van der Waals surface area (Å²) in [6, 6.07) is 72.0. The molecule has 6 aromatic heterocycles. The second kappa shape index (κ2) is 16.9. The predicted octanol–water partition coefficient (Wildman–Crippen LogP) is 18.3. The van der Waals surface area contributed by atoms with Gasteiger partial charge in [0.15, 0.2) is 17.5 Å². The van der Waals surface area contributed by atoms with Crippen molar-refractivity contribution in [2.24, 2.45) is 35.5 Å². The lowest BCUT2D eigenvalue weighted by molar-refractivity contribution is -0.0155. The van der Waals surface area contributed by atoms with Gasteiger partial charge in [-0.1, -0.05) is 146 Å². The third-order valence-electron chi connectivity index (χ3n) is 22.2. The fraction of sp³-hybridized carbons (Fsp3) is 0.263. The Hall–Kier alpha value is -8.88. The normalized spacial score (nSPS) is 25.1. The summed E-state index contributed by atoms with van der Waals surface area (Å²) in [5, 5.41) is 9.50. The quantitative estimate of drug-likeness (QED) is 0.159. The van der Waals surface area contributed by atoms with Crippen molar-refractivity contribution in [1.82, 2.24) is 38.2 Å². The summed E-state index contributed by atoms with van der Waals surface area (Å²) < 4.78 is 10.1. The number of benzene rings is 8. The lowest BCUT2D eigenvalue weighted by Gasteiger charge is -2.57. The number of pyridine rings is 1. The van der Waals surface area contributed by atoms with Crippen LogP contribution in [0.15, 0.2) is 194 Å². The van der Waals surface area contributed by atoms with Crippen LogP contribution in [-0.4, -0.2) is 38.2 Å². The average Bonchev–Trinajstić information content (AvgIpc) is 1.62. The molecular formula is C76H62N8. The highest BCUT2D eigenvalue weighted by atomic mass is 15.2. The van der Waals surface area contributed by atoms with E-state index in [1.807, 2.05) is 0 Å². The molecule has 8 aliphatic rings. The van der Waals surface area contributed by atoms with E-state index < -0.39 is 0 Å². The molecule has 6 heterocycles. The van der Waals surface area contributed by atoms with E-state index in [-0.39, 0.29) is 10.8 Å². The highest BCUT2D eigenvalue weighted by Gasteiger charge is 2.56. The van der Waals surface area contributed by atoms with Gasteiger partial charge in [-0.25, -0.2) is 19.9 Å². The Morgan fingerprint density at radius 1 is 0.262 bits per heavy atom. The predicted molar refractivity (Wildman–Crippen MR) is 340 cm³/mol. The number of nitrogens with zero attached hydrogens (tertiary/aromatic N) is 8. The Labute approximate surface area is 486 Å². The van der Waals surface area contributed by atoms with Gasteiger partial charge >= 0.3 is 0 Å². The molecule has 8 saturated carbocycles. The smallest absolute Gasteiger partial charge is 0.167 e. The Morgan fingerprint density at radius 2 is 0.488 bits per heavy atom. The summed E-state index contributed by atoms with van der Waals surface area (Å²) in [4.78, 5) is 25.5. The van der Waals surface area contributed by atoms with Crippen LogP contribution in [0.1, 0.15) is 88.7 Å². The van der Waals surface area contributed by atoms with Crippen LogP contribution in [0.5, 0.6) is 0 Å².